The molecule has 1 aliphatic rings. The van der Waals surface area contributed by atoms with Gasteiger partial charge in [0.1, 0.15) is 0 Å². The Morgan fingerprint density at radius 3 is 2.47 bits per heavy atom. The van der Waals surface area contributed by atoms with Crippen molar-refractivity contribution < 1.29 is 9.47 Å². The van der Waals surface area contributed by atoms with Gasteiger partial charge in [0.15, 0.2) is 11.5 Å². The molecule has 4 nitrogen and oxygen atoms in total. The van der Waals surface area contributed by atoms with Crippen LogP contribution in [0.3, 0.4) is 0 Å². The smallest absolute Gasteiger partial charge is 0.163 e. The molecular weight excluding hydrogens is 260 g/mol. The van der Waals surface area contributed by atoms with Crippen LogP contribution < -0.4 is 20.0 Å². The van der Waals surface area contributed by atoms with Gasteiger partial charge in [-0.1, -0.05) is 0 Å². The summed E-state index contributed by atoms with van der Waals surface area (Å²) in [7, 11) is 0. The van der Waals surface area contributed by atoms with Crippen molar-refractivity contribution in [2.75, 3.05) is 13.2 Å². The van der Waals surface area contributed by atoms with Crippen LogP contribution in [0.15, 0.2) is 28.8 Å². The van der Waals surface area contributed by atoms with Gasteiger partial charge in [0, 0.05) is 17.5 Å². The second-order valence-corrected chi connectivity index (χ2v) is 4.89. The van der Waals surface area contributed by atoms with Crippen molar-refractivity contribution in [1.82, 2.24) is 4.98 Å². The fourth-order valence-electron chi connectivity index (χ4n) is 2.02. The fourth-order valence-corrected chi connectivity index (χ4v) is 2.64. The van der Waals surface area contributed by atoms with Gasteiger partial charge >= 0.3 is 0 Å². The van der Waals surface area contributed by atoms with Gasteiger partial charge in [0.25, 0.3) is 0 Å². The van der Waals surface area contributed by atoms with Crippen LogP contribution in [0.25, 0.3) is 5.70 Å². The molecule has 0 saturated carbocycles. The zero-order valence-electron chi connectivity index (χ0n) is 10.8. The topological polar surface area (TPSA) is 43.7 Å². The van der Waals surface area contributed by atoms with E-state index in [1.165, 1.54) is 0 Å². The molecule has 0 N–H and O–H groups in total. The zero-order valence-corrected chi connectivity index (χ0v) is 11.7. The third kappa shape index (κ3) is 2.10. The maximum absolute atomic E-state index is 5.63. The van der Waals surface area contributed by atoms with Gasteiger partial charge in [0.05, 0.1) is 34.7 Å². The predicted molar refractivity (Wildman–Crippen MR) is 74.2 cm³/mol. The molecule has 0 radical (unpaired) electrons. The number of rotatable bonds is 5. The number of hydrogen-bond acceptors (Lipinski definition) is 5. The molecule has 2 heterocycles. The number of fused-ring (bicyclic) bond motifs is 1. The molecule has 0 saturated heterocycles. The minimum absolute atomic E-state index is 0.615. The quantitative estimate of drug-likeness (QED) is 0.834. The number of ether oxygens (including phenoxy) is 2. The first-order chi connectivity index (χ1) is 9.33. The highest BCUT2D eigenvalue weighted by Gasteiger charge is 2.16. The van der Waals surface area contributed by atoms with Crippen molar-refractivity contribution in [2.45, 2.75) is 13.8 Å². The highest BCUT2D eigenvalue weighted by Crippen LogP contribution is 2.26. The Labute approximate surface area is 115 Å². The first-order valence-corrected chi connectivity index (χ1v) is 7.13. The molecule has 1 aliphatic heterocycles. The Kier molecular flexibility index (Phi) is 3.21. The molecule has 0 amide bonds. The van der Waals surface area contributed by atoms with E-state index in [9.17, 15) is 0 Å². The molecular formula is C14H14N2O2S. The van der Waals surface area contributed by atoms with Gasteiger partial charge in [-0.05, 0) is 19.9 Å². The van der Waals surface area contributed by atoms with Crippen LogP contribution in [-0.4, -0.2) is 18.2 Å². The molecule has 0 atom stereocenters. The third-order valence-electron chi connectivity index (χ3n) is 2.81. The van der Waals surface area contributed by atoms with Crippen LogP contribution in [0.2, 0.25) is 0 Å². The van der Waals surface area contributed by atoms with Crippen molar-refractivity contribution in [1.29, 1.82) is 0 Å². The van der Waals surface area contributed by atoms with Crippen LogP contribution >= 0.6 is 11.3 Å². The van der Waals surface area contributed by atoms with E-state index in [-0.39, 0.29) is 0 Å². The summed E-state index contributed by atoms with van der Waals surface area (Å²) in [5, 5.41) is 2.06. The van der Waals surface area contributed by atoms with Gasteiger partial charge in [-0.3, -0.25) is 4.98 Å². The molecule has 1 aromatic carbocycles. The van der Waals surface area contributed by atoms with E-state index in [0.717, 1.165) is 32.6 Å². The summed E-state index contributed by atoms with van der Waals surface area (Å²) in [6.07, 6.45) is 1.84. The summed E-state index contributed by atoms with van der Waals surface area (Å²) in [5.41, 5.74) is 2.80. The largest absolute Gasteiger partial charge is 0.490 e. The fraction of sp³-hybridized carbons (Fsp3) is 0.286. The SMILES string of the molecule is CCOc1cc2c(cc1OCC)=C(c1cncs1)N=2. The maximum Gasteiger partial charge on any atom is 0.163 e. The van der Waals surface area contributed by atoms with Crippen molar-refractivity contribution in [2.24, 2.45) is 4.99 Å². The van der Waals surface area contributed by atoms with Crippen molar-refractivity contribution >= 4 is 17.0 Å². The first-order valence-electron chi connectivity index (χ1n) is 6.25. The Morgan fingerprint density at radius 1 is 1.11 bits per heavy atom. The molecule has 1 aromatic heterocycles. The highest BCUT2D eigenvalue weighted by molar-refractivity contribution is 7.10. The molecule has 0 fully saturated rings. The summed E-state index contributed by atoms with van der Waals surface area (Å²) in [4.78, 5) is 9.69. The van der Waals surface area contributed by atoms with Gasteiger partial charge in [-0.25, -0.2) is 4.99 Å². The summed E-state index contributed by atoms with van der Waals surface area (Å²) in [6.45, 7) is 5.16. The Morgan fingerprint density at radius 2 is 1.84 bits per heavy atom. The van der Waals surface area contributed by atoms with E-state index in [1.807, 2.05) is 37.7 Å². The van der Waals surface area contributed by atoms with Gasteiger partial charge in [-0.15, -0.1) is 11.3 Å². The van der Waals surface area contributed by atoms with Crippen molar-refractivity contribution in [3.05, 3.63) is 39.3 Å². The molecule has 3 rings (SSSR count). The van der Waals surface area contributed by atoms with E-state index in [4.69, 9.17) is 9.47 Å². The van der Waals surface area contributed by atoms with Crippen LogP contribution in [0.5, 0.6) is 11.5 Å². The number of aromatic nitrogens is 1. The first kappa shape index (κ1) is 12.2. The highest BCUT2D eigenvalue weighted by atomic mass is 32.1. The lowest BCUT2D eigenvalue weighted by Crippen LogP contribution is -2.35. The van der Waals surface area contributed by atoms with Crippen molar-refractivity contribution in [3.8, 4) is 11.5 Å². The van der Waals surface area contributed by atoms with Crippen molar-refractivity contribution in [3.63, 3.8) is 0 Å². The molecule has 98 valence electrons. The lowest BCUT2D eigenvalue weighted by molar-refractivity contribution is 0.287. The molecule has 5 heteroatoms. The lowest BCUT2D eigenvalue weighted by atomic mass is 10.1. The molecule has 0 spiro atoms. The van der Waals surface area contributed by atoms with E-state index in [0.29, 0.717) is 13.2 Å². The van der Waals surface area contributed by atoms with Crippen LogP contribution in [-0.2, 0) is 0 Å². The standard InChI is InChI=1S/C14H14N2O2S/c1-3-17-11-5-9-10(6-12(11)18-4-2)16-14(9)13-7-15-8-19-13/h5-8H,3-4H2,1-2H3. The average molecular weight is 274 g/mol. The van der Waals surface area contributed by atoms with Gasteiger partial charge < -0.3 is 9.47 Å². The van der Waals surface area contributed by atoms with E-state index < -0.39 is 0 Å². The molecule has 0 unspecified atom stereocenters. The molecule has 0 bridgehead atoms. The van der Waals surface area contributed by atoms with Gasteiger partial charge in [-0.2, -0.15) is 0 Å². The molecule has 0 aliphatic carbocycles. The summed E-state index contributed by atoms with van der Waals surface area (Å²) < 4.78 is 11.2. The maximum atomic E-state index is 5.63. The Hall–Kier alpha value is -1.88. The van der Waals surface area contributed by atoms with Crippen LogP contribution in [0.4, 0.5) is 0 Å². The Balaban J connectivity index is 2.10. The number of benzene rings is 1. The normalized spacial score (nSPS) is 12.4. The second-order valence-electron chi connectivity index (χ2n) is 4.01. The number of nitrogens with zero attached hydrogens (tertiary/aromatic N) is 2. The lowest BCUT2D eigenvalue weighted by Gasteiger charge is -2.14. The Bertz CT molecular complexity index is 708. The van der Waals surface area contributed by atoms with Crippen LogP contribution in [0, 0.1) is 0 Å². The molecule has 2 aromatic rings. The van der Waals surface area contributed by atoms with Crippen LogP contribution in [0.1, 0.15) is 18.7 Å². The number of thiazole rings is 1. The van der Waals surface area contributed by atoms with E-state index in [2.05, 4.69) is 9.98 Å². The predicted octanol–water partition coefficient (Wildman–Crippen LogP) is 1.73. The number of hydrogen-bond donors (Lipinski definition) is 0. The zero-order chi connectivity index (χ0) is 13.2. The van der Waals surface area contributed by atoms with E-state index in [1.54, 1.807) is 11.3 Å². The minimum atomic E-state index is 0.615. The monoisotopic (exact) mass is 274 g/mol. The summed E-state index contributed by atoms with van der Waals surface area (Å²) in [5.74, 6) is 1.54. The summed E-state index contributed by atoms with van der Waals surface area (Å²) >= 11 is 1.59. The summed E-state index contributed by atoms with van der Waals surface area (Å²) in [6, 6.07) is 3.94. The second kappa shape index (κ2) is 5.01. The minimum Gasteiger partial charge on any atom is -0.490 e. The van der Waals surface area contributed by atoms with E-state index >= 15 is 0 Å². The molecule has 19 heavy (non-hydrogen) atoms. The van der Waals surface area contributed by atoms with Gasteiger partial charge in [0.2, 0.25) is 0 Å². The average Bonchev–Trinajstić information content (AvgIpc) is 2.89. The third-order valence-corrected chi connectivity index (χ3v) is 3.59.